The summed E-state index contributed by atoms with van der Waals surface area (Å²) in [6.07, 6.45) is 1.91. The first-order chi connectivity index (χ1) is 17.4. The Bertz CT molecular complexity index is 1290. The first-order valence-corrected chi connectivity index (χ1v) is 11.7. The normalized spacial score (nSPS) is 16.7. The van der Waals surface area contributed by atoms with E-state index in [4.69, 9.17) is 0 Å². The van der Waals surface area contributed by atoms with E-state index >= 15 is 0 Å². The number of carbonyl (C=O) groups is 4. The second-order valence-corrected chi connectivity index (χ2v) is 8.74. The Hall–Kier alpha value is -4.46. The van der Waals surface area contributed by atoms with Crippen molar-refractivity contribution in [1.29, 1.82) is 0 Å². The third-order valence-electron chi connectivity index (χ3n) is 6.43. The van der Waals surface area contributed by atoms with Gasteiger partial charge in [-0.15, -0.1) is 0 Å². The number of urea groups is 1. The topological polar surface area (TPSA) is 125 Å². The number of carboxylic acids is 1. The molecule has 4 N–H and O–H groups in total. The van der Waals surface area contributed by atoms with Crippen LogP contribution in [0.4, 0.5) is 16.2 Å². The highest BCUT2D eigenvalue weighted by Crippen LogP contribution is 2.35. The lowest BCUT2D eigenvalue weighted by atomic mass is 9.88. The third kappa shape index (κ3) is 5.60. The van der Waals surface area contributed by atoms with Gasteiger partial charge >= 0.3 is 12.0 Å². The number of Topliss-reactive ketones (excluding diaryl/α,β-unsaturated/α-hetero) is 1. The fourth-order valence-electron chi connectivity index (χ4n) is 4.53. The molecule has 184 valence electrons. The number of ketones is 1. The zero-order chi connectivity index (χ0) is 25.7. The van der Waals surface area contributed by atoms with Crippen molar-refractivity contribution >= 4 is 35.1 Å². The summed E-state index contributed by atoms with van der Waals surface area (Å²) in [5.41, 5.74) is 3.85. The van der Waals surface area contributed by atoms with Crippen LogP contribution in [0.1, 0.15) is 40.0 Å². The molecule has 3 aromatic rings. The molecule has 8 nitrogen and oxygen atoms in total. The molecule has 36 heavy (non-hydrogen) atoms. The van der Waals surface area contributed by atoms with Crippen molar-refractivity contribution in [3.8, 4) is 11.1 Å². The van der Waals surface area contributed by atoms with Crippen LogP contribution in [-0.4, -0.2) is 35.8 Å². The number of benzene rings is 3. The smallest absolute Gasteiger partial charge is 0.323 e. The van der Waals surface area contributed by atoms with Gasteiger partial charge in [0.25, 0.3) is 5.91 Å². The van der Waals surface area contributed by atoms with Crippen molar-refractivity contribution in [2.24, 2.45) is 11.8 Å². The van der Waals surface area contributed by atoms with Gasteiger partial charge in [-0.05, 0) is 54.3 Å². The molecule has 0 spiro atoms. The molecule has 1 fully saturated rings. The lowest BCUT2D eigenvalue weighted by molar-refractivity contribution is -0.142. The van der Waals surface area contributed by atoms with Gasteiger partial charge in [0.1, 0.15) is 0 Å². The number of nitrogens with one attached hydrogen (secondary N) is 3. The molecule has 2 atom stereocenters. The van der Waals surface area contributed by atoms with E-state index in [0.29, 0.717) is 35.3 Å². The summed E-state index contributed by atoms with van der Waals surface area (Å²) < 4.78 is 0. The molecular weight excluding hydrogens is 458 g/mol. The monoisotopic (exact) mass is 485 g/mol. The average molecular weight is 486 g/mol. The highest BCUT2D eigenvalue weighted by Gasteiger charge is 2.37. The van der Waals surface area contributed by atoms with Gasteiger partial charge in [-0.1, -0.05) is 48.9 Å². The van der Waals surface area contributed by atoms with Crippen molar-refractivity contribution in [1.82, 2.24) is 5.32 Å². The summed E-state index contributed by atoms with van der Waals surface area (Å²) in [5, 5.41) is 17.4. The van der Waals surface area contributed by atoms with E-state index in [1.165, 1.54) is 0 Å². The molecule has 3 aromatic carbocycles. The first kappa shape index (κ1) is 24.7. The third-order valence-corrected chi connectivity index (χ3v) is 6.43. The predicted octanol–water partition coefficient (Wildman–Crippen LogP) is 5.04. The number of rotatable bonds is 7. The zero-order valence-corrected chi connectivity index (χ0v) is 19.8. The zero-order valence-electron chi connectivity index (χ0n) is 19.8. The Kier molecular flexibility index (Phi) is 7.44. The second kappa shape index (κ2) is 10.9. The number of hydrogen-bond donors (Lipinski definition) is 4. The number of aliphatic carboxylic acids is 1. The molecule has 0 bridgehead atoms. The number of carbonyl (C=O) groups excluding carboxylic acids is 3. The van der Waals surface area contributed by atoms with E-state index in [-0.39, 0.29) is 11.7 Å². The van der Waals surface area contributed by atoms with E-state index < -0.39 is 23.8 Å². The van der Waals surface area contributed by atoms with Crippen molar-refractivity contribution in [2.45, 2.75) is 19.3 Å². The molecule has 0 unspecified atom stereocenters. The molecule has 0 aromatic heterocycles. The summed E-state index contributed by atoms with van der Waals surface area (Å²) in [4.78, 5) is 48.4. The van der Waals surface area contributed by atoms with Crippen LogP contribution in [0.2, 0.25) is 0 Å². The van der Waals surface area contributed by atoms with Gasteiger partial charge in [-0.25, -0.2) is 4.79 Å². The number of amides is 3. The van der Waals surface area contributed by atoms with Crippen LogP contribution in [0.3, 0.4) is 0 Å². The fourth-order valence-corrected chi connectivity index (χ4v) is 4.53. The SMILES string of the molecule is CNC(=O)c1cccc(NC(=O)Nc2ccc(-c3ccc(C(=O)[C@@H]4CCC[C@H]4C(=O)O)cc3)cc2)c1. The predicted molar refractivity (Wildman–Crippen MR) is 137 cm³/mol. The average Bonchev–Trinajstić information content (AvgIpc) is 3.39. The summed E-state index contributed by atoms with van der Waals surface area (Å²) in [7, 11) is 1.54. The van der Waals surface area contributed by atoms with E-state index in [2.05, 4.69) is 16.0 Å². The number of anilines is 2. The Balaban J connectivity index is 1.37. The maximum atomic E-state index is 12.8. The van der Waals surface area contributed by atoms with Crippen molar-refractivity contribution in [2.75, 3.05) is 17.7 Å². The second-order valence-electron chi connectivity index (χ2n) is 8.74. The number of hydrogen-bond acceptors (Lipinski definition) is 4. The first-order valence-electron chi connectivity index (χ1n) is 11.7. The van der Waals surface area contributed by atoms with Crippen molar-refractivity contribution in [3.63, 3.8) is 0 Å². The molecule has 8 heteroatoms. The van der Waals surface area contributed by atoms with E-state index in [9.17, 15) is 24.3 Å². The van der Waals surface area contributed by atoms with E-state index in [1.54, 1.807) is 55.6 Å². The fraction of sp³-hybridized carbons (Fsp3) is 0.214. The number of carboxylic acid groups (broad SMARTS) is 1. The minimum Gasteiger partial charge on any atom is -0.481 e. The molecule has 0 aliphatic heterocycles. The molecular formula is C28H27N3O5. The lowest BCUT2D eigenvalue weighted by Crippen LogP contribution is -2.25. The minimum atomic E-state index is -0.901. The van der Waals surface area contributed by atoms with Crippen LogP contribution in [0.25, 0.3) is 11.1 Å². The van der Waals surface area contributed by atoms with Gasteiger partial charge in [0, 0.05) is 35.5 Å². The van der Waals surface area contributed by atoms with Gasteiger partial charge in [-0.3, -0.25) is 14.4 Å². The Morgan fingerprint density at radius 1 is 0.750 bits per heavy atom. The van der Waals surface area contributed by atoms with E-state index in [1.807, 2.05) is 24.3 Å². The lowest BCUT2D eigenvalue weighted by Gasteiger charge is -2.14. The molecule has 1 saturated carbocycles. The minimum absolute atomic E-state index is 0.113. The molecule has 0 radical (unpaired) electrons. The molecule has 3 amide bonds. The summed E-state index contributed by atoms with van der Waals surface area (Å²) in [6, 6.07) is 20.6. The van der Waals surface area contributed by atoms with Crippen LogP contribution in [0, 0.1) is 11.8 Å². The van der Waals surface area contributed by atoms with E-state index in [0.717, 1.165) is 17.5 Å². The maximum absolute atomic E-state index is 12.8. The van der Waals surface area contributed by atoms with Crippen LogP contribution in [0.15, 0.2) is 72.8 Å². The quantitative estimate of drug-likeness (QED) is 0.349. The molecule has 1 aliphatic rings. The molecule has 0 heterocycles. The maximum Gasteiger partial charge on any atom is 0.323 e. The highest BCUT2D eigenvalue weighted by molar-refractivity contribution is 6.02. The summed E-state index contributed by atoms with van der Waals surface area (Å²) >= 11 is 0. The standard InChI is InChI=1S/C28H27N3O5/c1-29-26(33)20-4-2-5-22(16-20)31-28(36)30-21-14-12-18(13-15-21)17-8-10-19(11-9-17)25(32)23-6-3-7-24(23)27(34)35/h2,4-5,8-16,23-24H,3,6-7H2,1H3,(H,29,33)(H,34,35)(H2,30,31,36)/t23-,24-/m1/s1. The highest BCUT2D eigenvalue weighted by atomic mass is 16.4. The largest absolute Gasteiger partial charge is 0.481 e. The van der Waals surface area contributed by atoms with Crippen LogP contribution >= 0.6 is 0 Å². The van der Waals surface area contributed by atoms with Gasteiger partial charge in [0.2, 0.25) is 0 Å². The van der Waals surface area contributed by atoms with Crippen molar-refractivity contribution in [3.05, 3.63) is 83.9 Å². The Morgan fingerprint density at radius 2 is 1.36 bits per heavy atom. The molecule has 1 aliphatic carbocycles. The Morgan fingerprint density at radius 3 is 2.00 bits per heavy atom. The van der Waals surface area contributed by atoms with Crippen molar-refractivity contribution < 1.29 is 24.3 Å². The summed E-state index contributed by atoms with van der Waals surface area (Å²) in [6.45, 7) is 0. The molecule has 4 rings (SSSR count). The molecule has 0 saturated heterocycles. The van der Waals surface area contributed by atoms with Gasteiger partial charge in [0.05, 0.1) is 5.92 Å². The van der Waals surface area contributed by atoms with Gasteiger partial charge < -0.3 is 21.1 Å². The van der Waals surface area contributed by atoms with Crippen LogP contribution in [0.5, 0.6) is 0 Å². The van der Waals surface area contributed by atoms with Crippen LogP contribution < -0.4 is 16.0 Å². The Labute approximate surface area is 208 Å². The van der Waals surface area contributed by atoms with Gasteiger partial charge in [-0.2, -0.15) is 0 Å². The van der Waals surface area contributed by atoms with Gasteiger partial charge in [0.15, 0.2) is 5.78 Å². The van der Waals surface area contributed by atoms with Crippen LogP contribution in [-0.2, 0) is 4.79 Å². The summed E-state index contributed by atoms with van der Waals surface area (Å²) in [5.74, 6) is -2.32.